The van der Waals surface area contributed by atoms with Crippen LogP contribution in [0.4, 0.5) is 0 Å². The standard InChI is InChI=1S/C54H34N2O/c1-3-15-36(16-4-1)50-34-51(56-54(55-50)37-17-5-2-6-18-37)42-23-12-21-39(31-42)38-20-11-22-40(30-38)47-33-49-48-32-41(44-27-13-19-35-14-7-8-24-43(35)44)28-29-52(48)57-53(49)46-26-10-9-25-45(46)47/h1-34H. The third-order valence-corrected chi connectivity index (χ3v) is 11.1. The van der Waals surface area contributed by atoms with E-state index < -0.39 is 0 Å². The number of benzene rings is 9. The van der Waals surface area contributed by atoms with E-state index in [4.69, 9.17) is 14.4 Å². The van der Waals surface area contributed by atoms with E-state index in [0.29, 0.717) is 5.82 Å². The van der Waals surface area contributed by atoms with Gasteiger partial charge in [-0.1, -0.05) is 170 Å². The number of hydrogen-bond donors (Lipinski definition) is 0. The van der Waals surface area contributed by atoms with E-state index in [1.165, 1.54) is 27.5 Å². The highest BCUT2D eigenvalue weighted by Gasteiger charge is 2.17. The van der Waals surface area contributed by atoms with Gasteiger partial charge in [-0.2, -0.15) is 0 Å². The van der Waals surface area contributed by atoms with E-state index in [9.17, 15) is 0 Å². The molecule has 2 heterocycles. The van der Waals surface area contributed by atoms with Gasteiger partial charge in [0.15, 0.2) is 5.82 Å². The summed E-state index contributed by atoms with van der Waals surface area (Å²) in [5, 5.41) is 6.96. The van der Waals surface area contributed by atoms with Crippen LogP contribution < -0.4 is 0 Å². The van der Waals surface area contributed by atoms with Crippen molar-refractivity contribution in [2.24, 2.45) is 0 Å². The molecule has 0 saturated heterocycles. The molecule has 0 unspecified atom stereocenters. The molecule has 0 amide bonds. The molecule has 0 atom stereocenters. The highest BCUT2D eigenvalue weighted by molar-refractivity contribution is 6.20. The average molecular weight is 727 g/mol. The Morgan fingerprint density at radius 3 is 1.65 bits per heavy atom. The first kappa shape index (κ1) is 32.8. The molecular formula is C54H34N2O. The van der Waals surface area contributed by atoms with Crippen molar-refractivity contribution in [1.29, 1.82) is 0 Å². The van der Waals surface area contributed by atoms with Crippen molar-refractivity contribution >= 4 is 43.5 Å². The third kappa shape index (κ3) is 5.85. The summed E-state index contributed by atoms with van der Waals surface area (Å²) in [6.07, 6.45) is 0. The van der Waals surface area contributed by atoms with Gasteiger partial charge in [-0.3, -0.25) is 0 Å². The lowest BCUT2D eigenvalue weighted by atomic mass is 9.92. The fourth-order valence-electron chi connectivity index (χ4n) is 8.27. The minimum atomic E-state index is 0.706. The van der Waals surface area contributed by atoms with Crippen LogP contribution >= 0.6 is 0 Å². The Morgan fingerprint density at radius 2 is 0.860 bits per heavy atom. The average Bonchev–Trinajstić information content (AvgIpc) is 3.67. The molecular weight excluding hydrogens is 693 g/mol. The first-order valence-electron chi connectivity index (χ1n) is 19.3. The second kappa shape index (κ2) is 13.6. The maximum atomic E-state index is 6.65. The van der Waals surface area contributed by atoms with Crippen LogP contribution in [0, 0.1) is 0 Å². The minimum absolute atomic E-state index is 0.706. The van der Waals surface area contributed by atoms with E-state index in [0.717, 1.165) is 77.5 Å². The molecule has 0 N–H and O–H groups in total. The molecule has 0 bridgehead atoms. The van der Waals surface area contributed by atoms with E-state index in [-0.39, 0.29) is 0 Å². The summed E-state index contributed by atoms with van der Waals surface area (Å²) in [6, 6.07) is 72.8. The van der Waals surface area contributed by atoms with Gasteiger partial charge in [-0.15, -0.1) is 0 Å². The second-order valence-corrected chi connectivity index (χ2v) is 14.5. The summed E-state index contributed by atoms with van der Waals surface area (Å²) < 4.78 is 6.65. The van der Waals surface area contributed by atoms with Crippen LogP contribution in [0.2, 0.25) is 0 Å². The molecule has 11 aromatic rings. The van der Waals surface area contributed by atoms with Gasteiger partial charge in [0.2, 0.25) is 0 Å². The Kier molecular flexibility index (Phi) is 7.82. The van der Waals surface area contributed by atoms with Gasteiger partial charge >= 0.3 is 0 Å². The monoisotopic (exact) mass is 726 g/mol. The quantitative estimate of drug-likeness (QED) is 0.171. The SMILES string of the molecule is c1ccc(-c2cc(-c3cccc(-c4cccc(-c5cc6c7cc(-c8cccc9ccccc89)ccc7oc6c6ccccc56)c4)c3)nc(-c3ccccc3)n2)cc1. The number of furan rings is 1. The Labute approximate surface area is 330 Å². The molecule has 11 rings (SSSR count). The Bertz CT molecular complexity index is 3230. The van der Waals surface area contributed by atoms with Crippen molar-refractivity contribution < 1.29 is 4.42 Å². The Morgan fingerprint density at radius 1 is 0.298 bits per heavy atom. The van der Waals surface area contributed by atoms with Crippen molar-refractivity contribution in [3.63, 3.8) is 0 Å². The zero-order valence-corrected chi connectivity index (χ0v) is 30.9. The normalized spacial score (nSPS) is 11.5. The molecule has 0 fully saturated rings. The Hall–Kier alpha value is -7.62. The van der Waals surface area contributed by atoms with E-state index in [2.05, 4.69) is 170 Å². The van der Waals surface area contributed by atoms with Crippen LogP contribution in [0.1, 0.15) is 0 Å². The van der Waals surface area contributed by atoms with Gasteiger partial charge in [0.25, 0.3) is 0 Å². The molecule has 266 valence electrons. The van der Waals surface area contributed by atoms with Crippen molar-refractivity contribution in [2.75, 3.05) is 0 Å². The minimum Gasteiger partial charge on any atom is -0.455 e. The molecule has 0 aliphatic carbocycles. The van der Waals surface area contributed by atoms with Gasteiger partial charge in [0.1, 0.15) is 11.2 Å². The predicted octanol–water partition coefficient (Wildman–Crippen LogP) is 14.7. The fourth-order valence-corrected chi connectivity index (χ4v) is 8.27. The number of aromatic nitrogens is 2. The molecule has 0 spiro atoms. The van der Waals surface area contributed by atoms with Crippen LogP contribution in [0.3, 0.4) is 0 Å². The van der Waals surface area contributed by atoms with Gasteiger partial charge < -0.3 is 4.42 Å². The largest absolute Gasteiger partial charge is 0.455 e. The lowest BCUT2D eigenvalue weighted by molar-refractivity contribution is 0.673. The highest BCUT2D eigenvalue weighted by atomic mass is 16.3. The zero-order valence-electron chi connectivity index (χ0n) is 30.9. The number of fused-ring (bicyclic) bond motifs is 6. The molecule has 9 aromatic carbocycles. The van der Waals surface area contributed by atoms with Crippen LogP contribution in [-0.4, -0.2) is 9.97 Å². The van der Waals surface area contributed by atoms with Crippen molar-refractivity contribution in [2.45, 2.75) is 0 Å². The van der Waals surface area contributed by atoms with Crippen LogP contribution in [-0.2, 0) is 0 Å². The maximum absolute atomic E-state index is 6.65. The molecule has 3 heteroatoms. The maximum Gasteiger partial charge on any atom is 0.160 e. The molecule has 2 aromatic heterocycles. The van der Waals surface area contributed by atoms with E-state index in [1.807, 2.05) is 36.4 Å². The topological polar surface area (TPSA) is 38.9 Å². The summed E-state index contributed by atoms with van der Waals surface area (Å²) in [7, 11) is 0. The van der Waals surface area contributed by atoms with Crippen molar-refractivity contribution in [3.05, 3.63) is 206 Å². The summed E-state index contributed by atoms with van der Waals surface area (Å²) in [4.78, 5) is 10.1. The summed E-state index contributed by atoms with van der Waals surface area (Å²) in [5.41, 5.74) is 13.6. The molecule has 0 aliphatic heterocycles. The predicted molar refractivity (Wildman–Crippen MR) is 237 cm³/mol. The van der Waals surface area contributed by atoms with E-state index in [1.54, 1.807) is 0 Å². The first-order valence-corrected chi connectivity index (χ1v) is 19.3. The van der Waals surface area contributed by atoms with Gasteiger partial charge in [0, 0.05) is 32.8 Å². The number of rotatable bonds is 6. The van der Waals surface area contributed by atoms with Gasteiger partial charge in [-0.25, -0.2) is 9.97 Å². The van der Waals surface area contributed by atoms with Crippen molar-refractivity contribution in [1.82, 2.24) is 9.97 Å². The lowest BCUT2D eigenvalue weighted by Gasteiger charge is -2.12. The Balaban J connectivity index is 1.03. The summed E-state index contributed by atoms with van der Waals surface area (Å²) in [6.45, 7) is 0. The van der Waals surface area contributed by atoms with Crippen molar-refractivity contribution in [3.8, 4) is 67.3 Å². The smallest absolute Gasteiger partial charge is 0.160 e. The van der Waals surface area contributed by atoms with E-state index >= 15 is 0 Å². The highest BCUT2D eigenvalue weighted by Crippen LogP contribution is 2.42. The molecule has 3 nitrogen and oxygen atoms in total. The van der Waals surface area contributed by atoms with Gasteiger partial charge in [0.05, 0.1) is 11.4 Å². The summed E-state index contributed by atoms with van der Waals surface area (Å²) >= 11 is 0. The van der Waals surface area contributed by atoms with Crippen LogP contribution in [0.5, 0.6) is 0 Å². The lowest BCUT2D eigenvalue weighted by Crippen LogP contribution is -1.96. The van der Waals surface area contributed by atoms with Gasteiger partial charge in [-0.05, 0) is 85.9 Å². The zero-order chi connectivity index (χ0) is 37.7. The second-order valence-electron chi connectivity index (χ2n) is 14.5. The fraction of sp³-hybridized carbons (Fsp3) is 0. The number of hydrogen-bond acceptors (Lipinski definition) is 3. The molecule has 0 radical (unpaired) electrons. The molecule has 0 saturated carbocycles. The molecule has 57 heavy (non-hydrogen) atoms. The van der Waals surface area contributed by atoms with Crippen LogP contribution in [0.25, 0.3) is 111 Å². The third-order valence-electron chi connectivity index (χ3n) is 11.1. The van der Waals surface area contributed by atoms with Crippen LogP contribution in [0.15, 0.2) is 211 Å². The first-order chi connectivity index (χ1) is 28.2. The molecule has 0 aliphatic rings. The number of nitrogens with zero attached hydrogens (tertiary/aromatic N) is 2. The summed E-state index contributed by atoms with van der Waals surface area (Å²) in [5.74, 6) is 0.706.